The van der Waals surface area contributed by atoms with Crippen molar-refractivity contribution in [1.82, 2.24) is 14.7 Å². The van der Waals surface area contributed by atoms with Crippen molar-refractivity contribution in [2.75, 3.05) is 59.9 Å². The lowest BCUT2D eigenvalue weighted by Crippen LogP contribution is -2.41. The van der Waals surface area contributed by atoms with Crippen LogP contribution in [0, 0.1) is 0 Å². The van der Waals surface area contributed by atoms with Crippen LogP contribution in [0.25, 0.3) is 0 Å². The summed E-state index contributed by atoms with van der Waals surface area (Å²) >= 11 is 0. The maximum Gasteiger partial charge on any atom is 0.317 e. The molecule has 0 spiro atoms. The second-order valence-electron chi connectivity index (χ2n) is 5.55. The average Bonchev–Trinajstić information content (AvgIpc) is 2.30. The number of carboxylic acid groups (broad SMARTS) is 1. The molecule has 0 heterocycles. The van der Waals surface area contributed by atoms with Gasteiger partial charge in [-0.2, -0.15) is 0 Å². The Labute approximate surface area is 126 Å². The molecule has 0 unspecified atom stereocenters. The number of rotatable bonds is 12. The minimum atomic E-state index is -0.864. The van der Waals surface area contributed by atoms with Crippen LogP contribution >= 0.6 is 0 Å². The predicted octanol–water partition coefficient (Wildman–Crippen LogP) is -0.585. The van der Waals surface area contributed by atoms with Crippen molar-refractivity contribution >= 4 is 17.5 Å². The van der Waals surface area contributed by atoms with E-state index in [0.29, 0.717) is 39.3 Å². The van der Waals surface area contributed by atoms with Crippen molar-refractivity contribution in [1.29, 1.82) is 0 Å². The Morgan fingerprint density at radius 2 is 1.19 bits per heavy atom. The van der Waals surface area contributed by atoms with E-state index in [-0.39, 0.29) is 18.1 Å². The third-order valence-corrected chi connectivity index (χ3v) is 2.94. The topological polar surface area (TPSA) is 81.2 Å². The molecule has 0 aromatic carbocycles. The molecule has 7 nitrogen and oxygen atoms in total. The van der Waals surface area contributed by atoms with Gasteiger partial charge in [-0.15, -0.1) is 0 Å². The third-order valence-electron chi connectivity index (χ3n) is 2.94. The van der Waals surface area contributed by atoms with Crippen LogP contribution in [0.3, 0.4) is 0 Å². The molecule has 0 aromatic heterocycles. The van der Waals surface area contributed by atoms with Crippen LogP contribution in [0.5, 0.6) is 0 Å². The lowest BCUT2D eigenvalue weighted by Gasteiger charge is -2.26. The highest BCUT2D eigenvalue weighted by Crippen LogP contribution is 1.94. The van der Waals surface area contributed by atoms with Gasteiger partial charge in [-0.3, -0.25) is 29.1 Å². The maximum absolute atomic E-state index is 11.3. The van der Waals surface area contributed by atoms with E-state index in [4.69, 9.17) is 5.11 Å². The molecular weight excluding hydrogens is 274 g/mol. The first-order valence-electron chi connectivity index (χ1n) is 7.00. The average molecular weight is 301 g/mol. The number of likely N-dealkylation sites (N-methyl/N-ethyl adjacent to an activating group) is 2. The standard InChI is InChI=1S/C14H27N3O4/c1-12(18)9-15(3)5-7-17(10-13(2)19)8-6-16(4)11-14(20)21/h5-11H2,1-4H3,(H,20,21). The van der Waals surface area contributed by atoms with Crippen LogP contribution in [0.4, 0.5) is 0 Å². The zero-order chi connectivity index (χ0) is 16.4. The molecule has 0 aliphatic carbocycles. The Kier molecular flexibility index (Phi) is 9.77. The van der Waals surface area contributed by atoms with Gasteiger partial charge >= 0.3 is 5.97 Å². The van der Waals surface area contributed by atoms with Crippen LogP contribution in [-0.2, 0) is 14.4 Å². The number of carbonyl (C=O) groups excluding carboxylic acids is 2. The number of carbonyl (C=O) groups is 3. The molecule has 0 fully saturated rings. The molecule has 122 valence electrons. The van der Waals surface area contributed by atoms with E-state index < -0.39 is 5.97 Å². The number of hydrogen-bond acceptors (Lipinski definition) is 6. The minimum absolute atomic E-state index is 0.0157. The highest BCUT2D eigenvalue weighted by atomic mass is 16.4. The second-order valence-corrected chi connectivity index (χ2v) is 5.55. The van der Waals surface area contributed by atoms with Crippen molar-refractivity contribution in [2.45, 2.75) is 13.8 Å². The first-order valence-corrected chi connectivity index (χ1v) is 7.00. The lowest BCUT2D eigenvalue weighted by atomic mass is 10.3. The SMILES string of the molecule is CC(=O)CN(C)CCN(CCN(C)CC(=O)O)CC(C)=O. The molecule has 0 saturated heterocycles. The van der Waals surface area contributed by atoms with Gasteiger partial charge < -0.3 is 5.11 Å². The summed E-state index contributed by atoms with van der Waals surface area (Å²) < 4.78 is 0. The summed E-state index contributed by atoms with van der Waals surface area (Å²) in [5.74, 6) is -0.682. The Bertz CT molecular complexity index is 334. The van der Waals surface area contributed by atoms with Gasteiger partial charge in [-0.05, 0) is 27.9 Å². The maximum atomic E-state index is 11.3. The van der Waals surface area contributed by atoms with E-state index >= 15 is 0 Å². The zero-order valence-corrected chi connectivity index (χ0v) is 13.5. The molecule has 0 aromatic rings. The van der Waals surface area contributed by atoms with Crippen LogP contribution in [-0.4, -0.2) is 97.3 Å². The number of Topliss-reactive ketones (excluding diaryl/α,β-unsaturated/α-hetero) is 2. The quantitative estimate of drug-likeness (QED) is 0.516. The smallest absolute Gasteiger partial charge is 0.317 e. The molecule has 0 bridgehead atoms. The summed E-state index contributed by atoms with van der Waals surface area (Å²) in [6, 6.07) is 0. The fourth-order valence-corrected chi connectivity index (χ4v) is 1.98. The Balaban J connectivity index is 4.22. The van der Waals surface area contributed by atoms with E-state index in [1.807, 2.05) is 16.8 Å². The van der Waals surface area contributed by atoms with E-state index in [1.165, 1.54) is 6.92 Å². The Morgan fingerprint density at radius 3 is 1.57 bits per heavy atom. The van der Waals surface area contributed by atoms with Gasteiger partial charge in [0.25, 0.3) is 0 Å². The summed E-state index contributed by atoms with van der Waals surface area (Å²) in [5.41, 5.74) is 0. The largest absolute Gasteiger partial charge is 0.480 e. The molecule has 21 heavy (non-hydrogen) atoms. The van der Waals surface area contributed by atoms with E-state index in [0.717, 1.165) is 0 Å². The zero-order valence-electron chi connectivity index (χ0n) is 13.5. The van der Waals surface area contributed by atoms with Gasteiger partial charge in [0.05, 0.1) is 19.6 Å². The summed E-state index contributed by atoms with van der Waals surface area (Å²) in [6.07, 6.45) is 0. The Hall–Kier alpha value is -1.31. The molecular formula is C14H27N3O4. The number of aliphatic carboxylic acids is 1. The van der Waals surface area contributed by atoms with Crippen molar-refractivity contribution in [3.8, 4) is 0 Å². The van der Waals surface area contributed by atoms with Crippen molar-refractivity contribution in [3.05, 3.63) is 0 Å². The molecule has 0 aliphatic heterocycles. The summed E-state index contributed by atoms with van der Waals surface area (Å²) in [5, 5.41) is 8.71. The fourth-order valence-electron chi connectivity index (χ4n) is 1.98. The van der Waals surface area contributed by atoms with Crippen LogP contribution in [0.15, 0.2) is 0 Å². The molecule has 0 amide bonds. The third kappa shape index (κ3) is 12.2. The molecule has 0 rings (SSSR count). The van der Waals surface area contributed by atoms with E-state index in [2.05, 4.69) is 0 Å². The van der Waals surface area contributed by atoms with Gasteiger partial charge in [0.15, 0.2) is 0 Å². The molecule has 1 N–H and O–H groups in total. The van der Waals surface area contributed by atoms with Gasteiger partial charge in [-0.25, -0.2) is 0 Å². The van der Waals surface area contributed by atoms with Gasteiger partial charge in [0.2, 0.25) is 0 Å². The number of nitrogens with zero attached hydrogens (tertiary/aromatic N) is 3. The van der Waals surface area contributed by atoms with Crippen LogP contribution < -0.4 is 0 Å². The Morgan fingerprint density at radius 1 is 0.762 bits per heavy atom. The van der Waals surface area contributed by atoms with Gasteiger partial charge in [-0.1, -0.05) is 0 Å². The number of carboxylic acids is 1. The van der Waals surface area contributed by atoms with Gasteiger partial charge in [0, 0.05) is 26.2 Å². The monoisotopic (exact) mass is 301 g/mol. The van der Waals surface area contributed by atoms with Crippen molar-refractivity contribution < 1.29 is 19.5 Å². The second kappa shape index (κ2) is 10.4. The van der Waals surface area contributed by atoms with Crippen molar-refractivity contribution in [3.63, 3.8) is 0 Å². The molecule has 7 heteroatoms. The van der Waals surface area contributed by atoms with Crippen molar-refractivity contribution in [2.24, 2.45) is 0 Å². The highest BCUT2D eigenvalue weighted by Gasteiger charge is 2.12. The highest BCUT2D eigenvalue weighted by molar-refractivity contribution is 5.78. The van der Waals surface area contributed by atoms with E-state index in [1.54, 1.807) is 18.9 Å². The molecule has 0 saturated carbocycles. The number of hydrogen-bond donors (Lipinski definition) is 1. The first kappa shape index (κ1) is 19.7. The van der Waals surface area contributed by atoms with Gasteiger partial charge in [0.1, 0.15) is 11.6 Å². The summed E-state index contributed by atoms with van der Waals surface area (Å²) in [6.45, 7) is 6.37. The molecule has 0 atom stereocenters. The summed E-state index contributed by atoms with van der Waals surface area (Å²) in [7, 11) is 3.60. The molecule has 0 aliphatic rings. The normalized spacial score (nSPS) is 11.4. The fraction of sp³-hybridized carbons (Fsp3) is 0.786. The molecule has 0 radical (unpaired) electrons. The van der Waals surface area contributed by atoms with Crippen LogP contribution in [0.1, 0.15) is 13.8 Å². The number of ketones is 2. The van der Waals surface area contributed by atoms with Crippen LogP contribution in [0.2, 0.25) is 0 Å². The summed E-state index contributed by atoms with van der Waals surface area (Å²) in [4.78, 5) is 38.5. The van der Waals surface area contributed by atoms with E-state index in [9.17, 15) is 14.4 Å². The lowest BCUT2D eigenvalue weighted by molar-refractivity contribution is -0.138. The predicted molar refractivity (Wildman–Crippen MR) is 80.4 cm³/mol. The first-order chi connectivity index (χ1) is 9.70. The minimum Gasteiger partial charge on any atom is -0.480 e.